The molecule has 37 heavy (non-hydrogen) atoms. The maximum Gasteiger partial charge on any atom is 0.271 e. The van der Waals surface area contributed by atoms with Gasteiger partial charge in [-0.1, -0.05) is 54.8 Å². The Morgan fingerprint density at radius 2 is 1.97 bits per heavy atom. The van der Waals surface area contributed by atoms with Gasteiger partial charge in [0.1, 0.15) is 23.1 Å². The van der Waals surface area contributed by atoms with E-state index in [-0.39, 0.29) is 30.4 Å². The average molecular weight is 516 g/mol. The average Bonchev–Trinajstić information content (AvgIpc) is 3.63. The molecular formula is C30H33N3O3S. The molecule has 2 heterocycles. The van der Waals surface area contributed by atoms with Crippen molar-refractivity contribution in [2.24, 2.45) is 5.92 Å². The molecule has 6 nitrogen and oxygen atoms in total. The smallest absolute Gasteiger partial charge is 0.271 e. The molecule has 5 rings (SSSR count). The van der Waals surface area contributed by atoms with E-state index in [1.807, 2.05) is 6.07 Å². The summed E-state index contributed by atoms with van der Waals surface area (Å²) in [6.07, 6.45) is 6.74. The first kappa shape index (κ1) is 25.2. The molecule has 1 fully saturated rings. The van der Waals surface area contributed by atoms with Crippen LogP contribution in [0.5, 0.6) is 5.75 Å². The molecule has 0 saturated heterocycles. The van der Waals surface area contributed by atoms with Gasteiger partial charge in [-0.05, 0) is 55.0 Å². The third-order valence-electron chi connectivity index (χ3n) is 7.28. The number of hydrogen-bond acceptors (Lipinski definition) is 5. The van der Waals surface area contributed by atoms with Crippen LogP contribution in [0.25, 0.3) is 0 Å². The molecule has 192 valence electrons. The zero-order valence-corrected chi connectivity index (χ0v) is 22.1. The number of ether oxygens (including phenoxy) is 1. The monoisotopic (exact) mass is 515 g/mol. The fourth-order valence-electron chi connectivity index (χ4n) is 5.32. The fraction of sp³-hybridized carbons (Fsp3) is 0.367. The third kappa shape index (κ3) is 5.62. The van der Waals surface area contributed by atoms with Crippen molar-refractivity contribution in [3.63, 3.8) is 0 Å². The SMILES string of the molecule is C=CCNC(=O)c1csc(COc2ccc3c(c2)[C@H](c2ccc(C)cc2)N(C(=O)C2CCCC2)CC3)n1. The van der Waals surface area contributed by atoms with E-state index in [1.165, 1.54) is 22.5 Å². The minimum absolute atomic E-state index is 0.124. The number of fused-ring (bicyclic) bond motifs is 1. The number of rotatable bonds is 8. The number of aromatic nitrogens is 1. The molecule has 0 bridgehead atoms. The summed E-state index contributed by atoms with van der Waals surface area (Å²) in [5, 5.41) is 5.21. The van der Waals surface area contributed by atoms with E-state index in [1.54, 1.807) is 11.5 Å². The molecule has 0 radical (unpaired) electrons. The number of thiazole rings is 1. The Morgan fingerprint density at radius 3 is 2.73 bits per heavy atom. The summed E-state index contributed by atoms with van der Waals surface area (Å²) in [7, 11) is 0. The molecule has 0 unspecified atom stereocenters. The number of nitrogens with zero attached hydrogens (tertiary/aromatic N) is 2. The van der Waals surface area contributed by atoms with Crippen LogP contribution < -0.4 is 10.1 Å². The number of amides is 2. The summed E-state index contributed by atoms with van der Waals surface area (Å²) in [5.41, 5.74) is 5.10. The van der Waals surface area contributed by atoms with E-state index in [2.05, 4.69) is 65.1 Å². The summed E-state index contributed by atoms with van der Waals surface area (Å²) >= 11 is 1.40. The molecule has 2 aliphatic rings. The molecule has 1 saturated carbocycles. The number of carbonyl (C=O) groups excluding carboxylic acids is 2. The highest BCUT2D eigenvalue weighted by atomic mass is 32.1. The van der Waals surface area contributed by atoms with Crippen LogP contribution in [0.2, 0.25) is 0 Å². The second-order valence-electron chi connectivity index (χ2n) is 9.85. The van der Waals surface area contributed by atoms with Gasteiger partial charge in [-0.25, -0.2) is 4.98 Å². The quantitative estimate of drug-likeness (QED) is 0.396. The number of hydrogen-bond donors (Lipinski definition) is 1. The molecule has 3 aromatic rings. The van der Waals surface area contributed by atoms with Gasteiger partial charge < -0.3 is 15.0 Å². The third-order valence-corrected chi connectivity index (χ3v) is 8.10. The molecule has 1 atom stereocenters. The van der Waals surface area contributed by atoms with Crippen LogP contribution in [-0.4, -0.2) is 34.8 Å². The Morgan fingerprint density at radius 1 is 1.19 bits per heavy atom. The fourth-order valence-corrected chi connectivity index (χ4v) is 6.00. The maximum absolute atomic E-state index is 13.6. The predicted molar refractivity (Wildman–Crippen MR) is 146 cm³/mol. The highest BCUT2D eigenvalue weighted by molar-refractivity contribution is 7.09. The van der Waals surface area contributed by atoms with E-state index in [4.69, 9.17) is 4.74 Å². The highest BCUT2D eigenvalue weighted by Crippen LogP contribution is 2.40. The zero-order valence-electron chi connectivity index (χ0n) is 21.2. The van der Waals surface area contributed by atoms with Gasteiger partial charge in [-0.2, -0.15) is 0 Å². The van der Waals surface area contributed by atoms with Crippen LogP contribution in [0, 0.1) is 12.8 Å². The van der Waals surface area contributed by atoms with Gasteiger partial charge in [0.25, 0.3) is 5.91 Å². The first-order chi connectivity index (χ1) is 18.0. The van der Waals surface area contributed by atoms with Crippen LogP contribution in [0.4, 0.5) is 0 Å². The Bertz CT molecular complexity index is 1280. The molecule has 1 aliphatic carbocycles. The predicted octanol–water partition coefficient (Wildman–Crippen LogP) is 5.61. The van der Waals surface area contributed by atoms with Crippen molar-refractivity contribution in [1.29, 1.82) is 0 Å². The first-order valence-corrected chi connectivity index (χ1v) is 13.9. The number of nitrogens with one attached hydrogen (secondary N) is 1. The number of benzene rings is 2. The normalized spacial score (nSPS) is 17.3. The Balaban J connectivity index is 1.38. The molecule has 7 heteroatoms. The Labute approximate surface area is 222 Å². The molecule has 2 amide bonds. The van der Waals surface area contributed by atoms with Gasteiger partial charge in [-0.15, -0.1) is 17.9 Å². The molecule has 0 spiro atoms. The van der Waals surface area contributed by atoms with Crippen molar-refractivity contribution < 1.29 is 14.3 Å². The van der Waals surface area contributed by atoms with E-state index < -0.39 is 0 Å². The van der Waals surface area contributed by atoms with Crippen molar-refractivity contribution in [2.45, 2.75) is 51.7 Å². The lowest BCUT2D eigenvalue weighted by Gasteiger charge is -2.39. The van der Waals surface area contributed by atoms with E-state index in [0.29, 0.717) is 12.2 Å². The lowest BCUT2D eigenvalue weighted by atomic mass is 9.86. The summed E-state index contributed by atoms with van der Waals surface area (Å²) in [6.45, 7) is 7.11. The van der Waals surface area contributed by atoms with Crippen LogP contribution in [-0.2, 0) is 17.8 Å². The zero-order chi connectivity index (χ0) is 25.8. The summed E-state index contributed by atoms with van der Waals surface area (Å²) in [4.78, 5) is 32.3. The minimum Gasteiger partial charge on any atom is -0.486 e. The van der Waals surface area contributed by atoms with Crippen LogP contribution in [0.15, 0.2) is 60.5 Å². The van der Waals surface area contributed by atoms with Crippen molar-refractivity contribution in [1.82, 2.24) is 15.2 Å². The van der Waals surface area contributed by atoms with Gasteiger partial charge >= 0.3 is 0 Å². The summed E-state index contributed by atoms with van der Waals surface area (Å²) in [5.74, 6) is 0.935. The van der Waals surface area contributed by atoms with Gasteiger partial charge in [0, 0.05) is 24.4 Å². The topological polar surface area (TPSA) is 71.5 Å². The van der Waals surface area contributed by atoms with E-state index in [9.17, 15) is 9.59 Å². The van der Waals surface area contributed by atoms with Crippen LogP contribution in [0.3, 0.4) is 0 Å². The van der Waals surface area contributed by atoms with Crippen molar-refractivity contribution in [3.8, 4) is 5.75 Å². The van der Waals surface area contributed by atoms with Crippen molar-refractivity contribution in [2.75, 3.05) is 13.1 Å². The van der Waals surface area contributed by atoms with Crippen molar-refractivity contribution in [3.05, 3.63) is 93.5 Å². The van der Waals surface area contributed by atoms with Crippen molar-refractivity contribution >= 4 is 23.2 Å². The van der Waals surface area contributed by atoms with E-state index in [0.717, 1.165) is 60.5 Å². The van der Waals surface area contributed by atoms with Crippen LogP contribution >= 0.6 is 11.3 Å². The first-order valence-electron chi connectivity index (χ1n) is 13.0. The van der Waals surface area contributed by atoms with Gasteiger partial charge in [-0.3, -0.25) is 9.59 Å². The maximum atomic E-state index is 13.6. The Kier molecular flexibility index (Phi) is 7.70. The molecular weight excluding hydrogens is 482 g/mol. The molecule has 1 aromatic heterocycles. The lowest BCUT2D eigenvalue weighted by molar-refractivity contribution is -0.137. The standard InChI is InChI=1S/C30H33N3O3S/c1-3-15-31-29(34)26-19-37-27(32-26)18-36-24-13-12-21-14-16-33(30(35)23-6-4-5-7-23)28(25(21)17-24)22-10-8-20(2)9-11-22/h3,8-13,17,19,23,28H,1,4-7,14-16,18H2,2H3,(H,31,34)/t28-/m0/s1. The largest absolute Gasteiger partial charge is 0.486 e. The van der Waals surface area contributed by atoms with E-state index >= 15 is 0 Å². The van der Waals surface area contributed by atoms with Crippen LogP contribution in [0.1, 0.15) is 69.5 Å². The highest BCUT2D eigenvalue weighted by Gasteiger charge is 2.36. The minimum atomic E-state index is -0.218. The van der Waals surface area contributed by atoms with Gasteiger partial charge in [0.15, 0.2) is 0 Å². The second-order valence-corrected chi connectivity index (χ2v) is 10.8. The number of carbonyl (C=O) groups is 2. The number of aryl methyl sites for hydroxylation is 1. The second kappa shape index (κ2) is 11.3. The lowest BCUT2D eigenvalue weighted by Crippen LogP contribution is -2.43. The van der Waals surface area contributed by atoms with Gasteiger partial charge in [0.2, 0.25) is 5.91 Å². The molecule has 1 aliphatic heterocycles. The van der Waals surface area contributed by atoms with Gasteiger partial charge in [0.05, 0.1) is 6.04 Å². The molecule has 1 N–H and O–H groups in total. The Hall–Kier alpha value is -3.45. The summed E-state index contributed by atoms with van der Waals surface area (Å²) < 4.78 is 6.13. The molecule has 2 aromatic carbocycles. The summed E-state index contributed by atoms with van der Waals surface area (Å²) in [6, 6.07) is 14.6.